The minimum atomic E-state index is -3.51. The summed E-state index contributed by atoms with van der Waals surface area (Å²) in [5, 5.41) is 10.9. The molecule has 1 aliphatic carbocycles. The van der Waals surface area contributed by atoms with Gasteiger partial charge in [-0.25, -0.2) is 13.1 Å². The molecular weight excluding hydrogens is 282 g/mol. The van der Waals surface area contributed by atoms with E-state index >= 15 is 0 Å². The topological polar surface area (TPSA) is 66.4 Å². The summed E-state index contributed by atoms with van der Waals surface area (Å²) >= 11 is 1.27. The van der Waals surface area contributed by atoms with Crippen molar-refractivity contribution in [3.63, 3.8) is 0 Å². The molecule has 0 amide bonds. The van der Waals surface area contributed by atoms with Crippen LogP contribution in [0.1, 0.15) is 44.4 Å². The van der Waals surface area contributed by atoms with Gasteiger partial charge in [-0.3, -0.25) is 0 Å². The van der Waals surface area contributed by atoms with E-state index in [2.05, 4.69) is 18.6 Å². The van der Waals surface area contributed by atoms with Crippen molar-refractivity contribution in [3.8, 4) is 0 Å². The summed E-state index contributed by atoms with van der Waals surface area (Å²) in [5.74, 6) is 0. The molecule has 2 rings (SSSR count). The third kappa shape index (κ3) is 3.56. The molecule has 2 N–H and O–H groups in total. The lowest BCUT2D eigenvalue weighted by Crippen LogP contribution is -2.40. The minimum Gasteiger partial charge on any atom is -0.391 e. The standard InChI is InChI=1S/C13H21NO3S2/c1-13(2)6-3-4-10(8-13)14-19(16,17)12-5-7-18-11(12)9-15/h5,7,10,14-15H,3-4,6,8-9H2,1-2H3. The normalized spacial score (nSPS) is 23.4. The highest BCUT2D eigenvalue weighted by atomic mass is 32.2. The second kappa shape index (κ2) is 5.52. The molecule has 1 saturated carbocycles. The number of thiophene rings is 1. The van der Waals surface area contributed by atoms with E-state index in [0.717, 1.165) is 25.7 Å². The van der Waals surface area contributed by atoms with Crippen molar-refractivity contribution in [1.82, 2.24) is 4.72 Å². The molecule has 1 heterocycles. The minimum absolute atomic E-state index is 0.000179. The van der Waals surface area contributed by atoms with Crippen LogP contribution in [0.25, 0.3) is 0 Å². The maximum Gasteiger partial charge on any atom is 0.242 e. The number of hydrogen-bond donors (Lipinski definition) is 2. The van der Waals surface area contributed by atoms with Crippen LogP contribution >= 0.6 is 11.3 Å². The number of rotatable bonds is 4. The Kier molecular flexibility index (Phi) is 4.35. The summed E-state index contributed by atoms with van der Waals surface area (Å²) in [5.41, 5.74) is 0.194. The van der Waals surface area contributed by atoms with Gasteiger partial charge >= 0.3 is 0 Å². The quantitative estimate of drug-likeness (QED) is 0.898. The predicted molar refractivity (Wildman–Crippen MR) is 76.6 cm³/mol. The summed E-state index contributed by atoms with van der Waals surface area (Å²) in [6.07, 6.45) is 3.95. The van der Waals surface area contributed by atoms with Gasteiger partial charge in [-0.15, -0.1) is 11.3 Å². The third-order valence-electron chi connectivity index (χ3n) is 3.66. The highest BCUT2D eigenvalue weighted by Crippen LogP contribution is 2.35. The number of aliphatic hydroxyl groups excluding tert-OH is 1. The van der Waals surface area contributed by atoms with Crippen LogP contribution in [0.5, 0.6) is 0 Å². The lowest BCUT2D eigenvalue weighted by molar-refractivity contribution is 0.212. The van der Waals surface area contributed by atoms with Gasteiger partial charge in [0.15, 0.2) is 0 Å². The van der Waals surface area contributed by atoms with E-state index in [4.69, 9.17) is 0 Å². The number of aliphatic hydroxyl groups is 1. The van der Waals surface area contributed by atoms with E-state index in [0.29, 0.717) is 4.88 Å². The molecule has 0 spiro atoms. The van der Waals surface area contributed by atoms with Gasteiger partial charge in [-0.2, -0.15) is 0 Å². The Labute approximate surface area is 118 Å². The molecule has 1 fully saturated rings. The van der Waals surface area contributed by atoms with Gasteiger partial charge in [0.1, 0.15) is 0 Å². The Bertz CT molecular complexity index is 534. The Morgan fingerprint density at radius 3 is 2.89 bits per heavy atom. The summed E-state index contributed by atoms with van der Waals surface area (Å²) < 4.78 is 27.5. The maximum atomic E-state index is 12.3. The Balaban J connectivity index is 2.14. The fourth-order valence-corrected chi connectivity index (χ4v) is 5.33. The van der Waals surface area contributed by atoms with Gasteiger partial charge in [0.05, 0.1) is 11.5 Å². The Morgan fingerprint density at radius 1 is 1.53 bits per heavy atom. The van der Waals surface area contributed by atoms with Crippen LogP contribution in [0, 0.1) is 5.41 Å². The van der Waals surface area contributed by atoms with Gasteiger partial charge < -0.3 is 5.11 Å². The first kappa shape index (κ1) is 15.0. The zero-order valence-corrected chi connectivity index (χ0v) is 13.0. The van der Waals surface area contributed by atoms with Crippen molar-refractivity contribution in [3.05, 3.63) is 16.3 Å². The van der Waals surface area contributed by atoms with Gasteiger partial charge in [0.25, 0.3) is 0 Å². The molecule has 1 aromatic heterocycles. The van der Waals surface area contributed by atoms with Crippen LogP contribution in [0.2, 0.25) is 0 Å². The fraction of sp³-hybridized carbons (Fsp3) is 0.692. The maximum absolute atomic E-state index is 12.3. The SMILES string of the molecule is CC1(C)CCCC(NS(=O)(=O)c2ccsc2CO)C1. The zero-order valence-electron chi connectivity index (χ0n) is 11.3. The summed E-state index contributed by atoms with van der Waals surface area (Å²) in [6.45, 7) is 4.12. The molecule has 1 atom stereocenters. The van der Waals surface area contributed by atoms with E-state index in [-0.39, 0.29) is 23.0 Å². The monoisotopic (exact) mass is 303 g/mol. The molecule has 6 heteroatoms. The van der Waals surface area contributed by atoms with Crippen LogP contribution in [0.15, 0.2) is 16.3 Å². The Hall–Kier alpha value is -0.430. The first-order valence-corrected chi connectivity index (χ1v) is 8.90. The molecule has 0 aromatic carbocycles. The third-order valence-corrected chi connectivity index (χ3v) is 6.30. The molecule has 0 bridgehead atoms. The molecule has 0 aliphatic heterocycles. The second-order valence-electron chi connectivity index (χ2n) is 5.94. The van der Waals surface area contributed by atoms with Crippen molar-refractivity contribution < 1.29 is 13.5 Å². The molecule has 4 nitrogen and oxygen atoms in total. The van der Waals surface area contributed by atoms with E-state index < -0.39 is 10.0 Å². The van der Waals surface area contributed by atoms with Crippen molar-refractivity contribution in [2.24, 2.45) is 5.41 Å². The summed E-state index contributed by atoms with van der Waals surface area (Å²) in [7, 11) is -3.51. The van der Waals surface area contributed by atoms with Crippen LogP contribution in [-0.4, -0.2) is 19.6 Å². The van der Waals surface area contributed by atoms with Crippen molar-refractivity contribution in [2.75, 3.05) is 0 Å². The smallest absolute Gasteiger partial charge is 0.242 e. The van der Waals surface area contributed by atoms with Crippen molar-refractivity contribution in [2.45, 2.75) is 57.1 Å². The van der Waals surface area contributed by atoms with Crippen LogP contribution < -0.4 is 4.72 Å². The molecule has 0 saturated heterocycles. The van der Waals surface area contributed by atoms with Crippen molar-refractivity contribution >= 4 is 21.4 Å². The summed E-state index contributed by atoms with van der Waals surface area (Å²) in [6, 6.07) is 1.56. The van der Waals surface area contributed by atoms with Crippen LogP contribution in [0.3, 0.4) is 0 Å². The Morgan fingerprint density at radius 2 is 2.26 bits per heavy atom. The highest BCUT2D eigenvalue weighted by Gasteiger charge is 2.31. The molecule has 1 aromatic rings. The van der Waals surface area contributed by atoms with Crippen molar-refractivity contribution in [1.29, 1.82) is 0 Å². The lowest BCUT2D eigenvalue weighted by Gasteiger charge is -2.35. The van der Waals surface area contributed by atoms with E-state index in [9.17, 15) is 13.5 Å². The first-order valence-electron chi connectivity index (χ1n) is 6.54. The van der Waals surface area contributed by atoms with Gasteiger partial charge in [-0.1, -0.05) is 20.3 Å². The number of hydrogen-bond acceptors (Lipinski definition) is 4. The fourth-order valence-electron chi connectivity index (χ4n) is 2.77. The molecule has 108 valence electrons. The molecular formula is C13H21NO3S2. The zero-order chi connectivity index (χ0) is 14.1. The van der Waals surface area contributed by atoms with Crippen LogP contribution in [0.4, 0.5) is 0 Å². The van der Waals surface area contributed by atoms with Gasteiger partial charge in [-0.05, 0) is 36.1 Å². The first-order chi connectivity index (χ1) is 8.84. The summed E-state index contributed by atoms with van der Waals surface area (Å²) in [4.78, 5) is 0.728. The lowest BCUT2D eigenvalue weighted by atomic mass is 9.75. The average Bonchev–Trinajstić information content (AvgIpc) is 2.75. The predicted octanol–water partition coefficient (Wildman–Crippen LogP) is 2.49. The number of sulfonamides is 1. The molecule has 19 heavy (non-hydrogen) atoms. The molecule has 1 unspecified atom stereocenters. The largest absolute Gasteiger partial charge is 0.391 e. The highest BCUT2D eigenvalue weighted by molar-refractivity contribution is 7.89. The van der Waals surface area contributed by atoms with Gasteiger partial charge in [0, 0.05) is 10.9 Å². The second-order valence-corrected chi connectivity index (χ2v) is 8.63. The molecule has 0 radical (unpaired) electrons. The number of nitrogens with one attached hydrogen (secondary N) is 1. The van der Waals surface area contributed by atoms with E-state index in [1.165, 1.54) is 11.3 Å². The molecule has 1 aliphatic rings. The van der Waals surface area contributed by atoms with Gasteiger partial charge in [0.2, 0.25) is 10.0 Å². The van der Waals surface area contributed by atoms with Crippen LogP contribution in [-0.2, 0) is 16.6 Å². The van der Waals surface area contributed by atoms with E-state index in [1.54, 1.807) is 11.4 Å². The van der Waals surface area contributed by atoms with E-state index in [1.807, 2.05) is 0 Å². The average molecular weight is 303 g/mol.